The smallest absolute Gasteiger partial charge is 0.348 e. The molecule has 1 aromatic rings. The highest BCUT2D eigenvalue weighted by atomic mass is 32.1. The van der Waals surface area contributed by atoms with E-state index in [9.17, 15) is 14.7 Å². The van der Waals surface area contributed by atoms with Gasteiger partial charge >= 0.3 is 5.97 Å². The van der Waals surface area contributed by atoms with Crippen LogP contribution in [-0.4, -0.2) is 23.0 Å². The predicted octanol–water partition coefficient (Wildman–Crippen LogP) is 5.70. The summed E-state index contributed by atoms with van der Waals surface area (Å²) in [5.74, 6) is 5.89. The number of carbonyl (C=O) groups excluding carboxylic acids is 1. The number of amides is 1. The minimum Gasteiger partial charge on any atom is -0.477 e. The molecule has 28 heavy (non-hydrogen) atoms. The maximum Gasteiger partial charge on any atom is 0.348 e. The Labute approximate surface area is 172 Å². The summed E-state index contributed by atoms with van der Waals surface area (Å²) in [4.78, 5) is 27.9. The van der Waals surface area contributed by atoms with E-state index >= 15 is 0 Å². The van der Waals surface area contributed by atoms with Crippen LogP contribution in [0.4, 0.5) is 5.69 Å². The summed E-state index contributed by atoms with van der Waals surface area (Å²) in [6.45, 7) is 6.10. The second-order valence-corrected chi connectivity index (χ2v) is 10.2. The molecule has 1 saturated heterocycles. The zero-order valence-corrected chi connectivity index (χ0v) is 18.0. The average molecular weight is 402 g/mol. The Bertz CT molecular complexity index is 787. The van der Waals surface area contributed by atoms with Gasteiger partial charge in [-0.05, 0) is 58.4 Å². The number of carboxylic acid groups (broad SMARTS) is 1. The number of hydrogen-bond donors (Lipinski definition) is 1. The molecule has 1 amide bonds. The molecular formula is C23H31NO3S. The molecule has 152 valence electrons. The van der Waals surface area contributed by atoms with Gasteiger partial charge in [0.15, 0.2) is 0 Å². The van der Waals surface area contributed by atoms with Gasteiger partial charge < -0.3 is 10.0 Å². The average Bonchev–Trinajstić information content (AvgIpc) is 2.97. The Morgan fingerprint density at radius 1 is 1.14 bits per heavy atom. The fraction of sp³-hybridized carbons (Fsp3) is 0.652. The third-order valence-corrected chi connectivity index (χ3v) is 6.69. The van der Waals surface area contributed by atoms with Crippen LogP contribution in [0.15, 0.2) is 6.07 Å². The van der Waals surface area contributed by atoms with Crippen molar-refractivity contribution < 1.29 is 14.7 Å². The van der Waals surface area contributed by atoms with Crippen molar-refractivity contribution in [1.29, 1.82) is 0 Å². The van der Waals surface area contributed by atoms with Gasteiger partial charge in [0.1, 0.15) is 4.88 Å². The molecule has 1 aliphatic carbocycles. The van der Waals surface area contributed by atoms with Crippen molar-refractivity contribution in [2.24, 2.45) is 11.3 Å². The van der Waals surface area contributed by atoms with Gasteiger partial charge in [-0.3, -0.25) is 4.79 Å². The molecule has 2 fully saturated rings. The summed E-state index contributed by atoms with van der Waals surface area (Å²) >= 11 is 1.19. The maximum absolute atomic E-state index is 13.1. The van der Waals surface area contributed by atoms with Gasteiger partial charge in [0.2, 0.25) is 5.91 Å². The van der Waals surface area contributed by atoms with Crippen LogP contribution in [0.2, 0.25) is 0 Å². The van der Waals surface area contributed by atoms with Crippen LogP contribution in [0.3, 0.4) is 0 Å². The molecule has 1 saturated carbocycles. The second kappa shape index (κ2) is 8.69. The molecule has 2 heterocycles. The normalized spacial score (nSPS) is 21.8. The minimum absolute atomic E-state index is 0.0729. The number of nitrogens with zero attached hydrogens (tertiary/aromatic N) is 1. The van der Waals surface area contributed by atoms with Gasteiger partial charge in [-0.15, -0.1) is 11.3 Å². The highest BCUT2D eigenvalue weighted by Crippen LogP contribution is 2.39. The number of anilines is 1. The topological polar surface area (TPSA) is 57.6 Å². The van der Waals surface area contributed by atoms with E-state index in [4.69, 9.17) is 0 Å². The summed E-state index contributed by atoms with van der Waals surface area (Å²) in [6.07, 6.45) is 9.35. The standard InChI is InChI=1S/C23H31NO3S/c1-23(2,3)14-13-17-15-19(21(28-17)22(26)27)24-18(11-7-8-12-20(24)25)16-9-5-4-6-10-16/h15-16,18H,4-12H2,1-3H3,(H,26,27)/t18-/m0/s1. The summed E-state index contributed by atoms with van der Waals surface area (Å²) in [5, 5.41) is 9.82. The van der Waals surface area contributed by atoms with E-state index in [1.54, 1.807) is 0 Å². The Morgan fingerprint density at radius 2 is 1.82 bits per heavy atom. The van der Waals surface area contributed by atoms with Crippen molar-refractivity contribution in [2.45, 2.75) is 84.6 Å². The molecule has 0 unspecified atom stereocenters. The number of hydrogen-bond acceptors (Lipinski definition) is 3. The molecule has 1 aromatic heterocycles. The molecule has 2 aliphatic rings. The van der Waals surface area contributed by atoms with Gasteiger partial charge in [-0.1, -0.05) is 37.5 Å². The van der Waals surface area contributed by atoms with Gasteiger partial charge in [-0.2, -0.15) is 0 Å². The Kier molecular flexibility index (Phi) is 6.50. The first-order chi connectivity index (χ1) is 13.3. The quantitative estimate of drug-likeness (QED) is 0.661. The highest BCUT2D eigenvalue weighted by molar-refractivity contribution is 7.15. The van der Waals surface area contributed by atoms with Crippen LogP contribution in [0.5, 0.6) is 0 Å². The molecule has 0 aromatic carbocycles. The van der Waals surface area contributed by atoms with E-state index in [1.807, 2.05) is 31.7 Å². The van der Waals surface area contributed by atoms with Crippen molar-refractivity contribution in [2.75, 3.05) is 4.90 Å². The molecular weight excluding hydrogens is 370 g/mol. The van der Waals surface area contributed by atoms with E-state index in [-0.39, 0.29) is 22.2 Å². The van der Waals surface area contributed by atoms with Gasteiger partial charge in [0.25, 0.3) is 0 Å². The van der Waals surface area contributed by atoms with Crippen molar-refractivity contribution >= 4 is 28.9 Å². The molecule has 0 bridgehead atoms. The number of aromatic carboxylic acids is 1. The third kappa shape index (κ3) is 4.97. The molecule has 4 nitrogen and oxygen atoms in total. The van der Waals surface area contributed by atoms with Crippen LogP contribution < -0.4 is 4.90 Å². The number of thiophene rings is 1. The summed E-state index contributed by atoms with van der Waals surface area (Å²) in [6, 6.07) is 1.96. The third-order valence-electron chi connectivity index (χ3n) is 5.66. The Morgan fingerprint density at radius 3 is 2.46 bits per heavy atom. The van der Waals surface area contributed by atoms with Crippen LogP contribution >= 0.6 is 11.3 Å². The van der Waals surface area contributed by atoms with E-state index in [1.165, 1.54) is 30.6 Å². The monoisotopic (exact) mass is 401 g/mol. The van der Waals surface area contributed by atoms with Crippen molar-refractivity contribution in [3.05, 3.63) is 15.8 Å². The van der Waals surface area contributed by atoms with E-state index in [0.29, 0.717) is 18.0 Å². The summed E-state index contributed by atoms with van der Waals surface area (Å²) in [7, 11) is 0. The van der Waals surface area contributed by atoms with Crippen molar-refractivity contribution in [3.8, 4) is 11.8 Å². The molecule has 5 heteroatoms. The lowest BCUT2D eigenvalue weighted by Crippen LogP contribution is -2.44. The highest BCUT2D eigenvalue weighted by Gasteiger charge is 2.36. The molecule has 1 atom stereocenters. The summed E-state index contributed by atoms with van der Waals surface area (Å²) < 4.78 is 0. The number of carbonyl (C=O) groups is 2. The summed E-state index contributed by atoms with van der Waals surface area (Å²) in [5.41, 5.74) is 0.412. The zero-order valence-electron chi connectivity index (χ0n) is 17.2. The van der Waals surface area contributed by atoms with Crippen LogP contribution in [0.1, 0.15) is 93.1 Å². The first-order valence-electron chi connectivity index (χ1n) is 10.5. The number of rotatable bonds is 3. The molecule has 0 radical (unpaired) electrons. The van der Waals surface area contributed by atoms with Crippen LogP contribution in [0, 0.1) is 23.2 Å². The zero-order chi connectivity index (χ0) is 20.3. The van der Waals surface area contributed by atoms with E-state index < -0.39 is 5.97 Å². The maximum atomic E-state index is 13.1. The Hall–Kier alpha value is -1.80. The largest absolute Gasteiger partial charge is 0.477 e. The lowest BCUT2D eigenvalue weighted by Gasteiger charge is -2.37. The predicted molar refractivity (Wildman–Crippen MR) is 114 cm³/mol. The van der Waals surface area contributed by atoms with Crippen molar-refractivity contribution in [3.63, 3.8) is 0 Å². The van der Waals surface area contributed by atoms with Crippen molar-refractivity contribution in [1.82, 2.24) is 0 Å². The Balaban J connectivity index is 2.02. The molecule has 1 aliphatic heterocycles. The van der Waals surface area contributed by atoms with Gasteiger partial charge in [0, 0.05) is 17.9 Å². The first-order valence-corrected chi connectivity index (χ1v) is 11.3. The van der Waals surface area contributed by atoms with Gasteiger partial charge in [0.05, 0.1) is 10.6 Å². The number of carboxylic acids is 1. The fourth-order valence-corrected chi connectivity index (χ4v) is 5.21. The van der Waals surface area contributed by atoms with E-state index in [0.717, 1.165) is 37.0 Å². The minimum atomic E-state index is -0.969. The fourth-order valence-electron chi connectivity index (χ4n) is 4.37. The van der Waals surface area contributed by atoms with Crippen LogP contribution in [-0.2, 0) is 4.79 Å². The first kappa shape index (κ1) is 20.9. The van der Waals surface area contributed by atoms with Crippen LogP contribution in [0.25, 0.3) is 0 Å². The lowest BCUT2D eigenvalue weighted by molar-refractivity contribution is -0.119. The second-order valence-electron chi connectivity index (χ2n) is 9.11. The molecule has 1 N–H and O–H groups in total. The van der Waals surface area contributed by atoms with Gasteiger partial charge in [-0.25, -0.2) is 4.79 Å². The lowest BCUT2D eigenvalue weighted by atomic mass is 9.81. The molecule has 0 spiro atoms. The SMILES string of the molecule is CC(C)(C)C#Cc1cc(N2C(=O)CCCC[C@H]2C2CCCCC2)c(C(=O)O)s1. The van der Waals surface area contributed by atoms with E-state index in [2.05, 4.69) is 11.8 Å². The molecule has 3 rings (SSSR count).